The van der Waals surface area contributed by atoms with Crippen molar-refractivity contribution in [2.75, 3.05) is 10.6 Å². The van der Waals surface area contributed by atoms with Crippen molar-refractivity contribution in [1.82, 2.24) is 9.97 Å². The third-order valence-corrected chi connectivity index (χ3v) is 3.73. The van der Waals surface area contributed by atoms with E-state index in [0.717, 1.165) is 28.1 Å². The maximum absolute atomic E-state index is 12.5. The van der Waals surface area contributed by atoms with Gasteiger partial charge in [0.05, 0.1) is 11.3 Å². The molecule has 0 atom stereocenters. The van der Waals surface area contributed by atoms with E-state index in [0.29, 0.717) is 12.1 Å². The van der Waals surface area contributed by atoms with Crippen LogP contribution in [0.25, 0.3) is 0 Å². The molecule has 126 valence electrons. The van der Waals surface area contributed by atoms with Crippen LogP contribution in [0.5, 0.6) is 0 Å². The number of pyridine rings is 2. The molecule has 0 aliphatic rings. The smallest absolute Gasteiger partial charge is 0.257 e. The molecule has 0 saturated carbocycles. The van der Waals surface area contributed by atoms with Crippen molar-refractivity contribution in [3.8, 4) is 0 Å². The van der Waals surface area contributed by atoms with Gasteiger partial charge in [-0.2, -0.15) is 0 Å². The molecule has 25 heavy (non-hydrogen) atoms. The topological polar surface area (TPSA) is 66.9 Å². The van der Waals surface area contributed by atoms with Crippen LogP contribution in [-0.4, -0.2) is 15.9 Å². The van der Waals surface area contributed by atoms with E-state index >= 15 is 0 Å². The number of anilines is 2. The molecule has 0 saturated heterocycles. The van der Waals surface area contributed by atoms with E-state index in [-0.39, 0.29) is 5.91 Å². The number of carbonyl (C=O) groups is 1. The molecule has 2 aromatic heterocycles. The highest BCUT2D eigenvalue weighted by Crippen LogP contribution is 2.16. The van der Waals surface area contributed by atoms with Gasteiger partial charge in [-0.1, -0.05) is 6.07 Å². The van der Waals surface area contributed by atoms with Crippen molar-refractivity contribution < 1.29 is 4.79 Å². The molecule has 0 aliphatic carbocycles. The number of carbonyl (C=O) groups excluding carboxylic acids is 1. The Kier molecular flexibility index (Phi) is 5.04. The summed E-state index contributed by atoms with van der Waals surface area (Å²) in [6.45, 7) is 4.66. The number of nitrogens with zero attached hydrogens (tertiary/aromatic N) is 2. The first-order valence-electron chi connectivity index (χ1n) is 8.07. The first kappa shape index (κ1) is 16.6. The average Bonchev–Trinajstić information content (AvgIpc) is 2.60. The molecule has 5 nitrogen and oxygen atoms in total. The van der Waals surface area contributed by atoms with Gasteiger partial charge in [0, 0.05) is 37.0 Å². The number of aryl methyl sites for hydroxylation is 2. The second-order valence-corrected chi connectivity index (χ2v) is 6.00. The summed E-state index contributed by atoms with van der Waals surface area (Å²) in [5, 5.41) is 6.19. The molecule has 0 bridgehead atoms. The van der Waals surface area contributed by atoms with E-state index in [1.165, 1.54) is 0 Å². The average molecular weight is 332 g/mol. The molecule has 3 rings (SSSR count). The number of rotatable bonds is 5. The van der Waals surface area contributed by atoms with Crippen LogP contribution in [0, 0.1) is 13.8 Å². The van der Waals surface area contributed by atoms with Gasteiger partial charge in [0.1, 0.15) is 0 Å². The lowest BCUT2D eigenvalue weighted by Gasteiger charge is -2.10. The highest BCUT2D eigenvalue weighted by Gasteiger charge is 2.08. The van der Waals surface area contributed by atoms with Crippen LogP contribution in [0.3, 0.4) is 0 Å². The van der Waals surface area contributed by atoms with Crippen molar-refractivity contribution in [1.29, 1.82) is 0 Å². The van der Waals surface area contributed by atoms with Gasteiger partial charge in [0.2, 0.25) is 0 Å². The molecule has 1 amide bonds. The first-order chi connectivity index (χ1) is 12.1. The first-order valence-corrected chi connectivity index (χ1v) is 8.07. The Morgan fingerprint density at radius 2 is 1.64 bits per heavy atom. The Bertz CT molecular complexity index is 858. The molecule has 0 radical (unpaired) electrons. The lowest BCUT2D eigenvalue weighted by atomic mass is 10.1. The summed E-state index contributed by atoms with van der Waals surface area (Å²) in [6, 6.07) is 11.6. The molecule has 2 N–H and O–H groups in total. The molecule has 0 fully saturated rings. The van der Waals surface area contributed by atoms with Crippen molar-refractivity contribution in [3.05, 3.63) is 83.4 Å². The fourth-order valence-electron chi connectivity index (χ4n) is 2.62. The fourth-order valence-corrected chi connectivity index (χ4v) is 2.62. The largest absolute Gasteiger partial charge is 0.380 e. The van der Waals surface area contributed by atoms with Crippen LogP contribution in [0.2, 0.25) is 0 Å². The molecular weight excluding hydrogens is 312 g/mol. The third kappa shape index (κ3) is 4.64. The second-order valence-electron chi connectivity index (χ2n) is 6.00. The Balaban J connectivity index is 1.68. The molecule has 1 aromatic carbocycles. The zero-order chi connectivity index (χ0) is 17.6. The second kappa shape index (κ2) is 7.57. The van der Waals surface area contributed by atoms with E-state index < -0.39 is 0 Å². The summed E-state index contributed by atoms with van der Waals surface area (Å²) in [7, 11) is 0. The lowest BCUT2D eigenvalue weighted by Crippen LogP contribution is -2.13. The van der Waals surface area contributed by atoms with Gasteiger partial charge in [-0.25, -0.2) is 0 Å². The molecule has 0 unspecified atom stereocenters. The van der Waals surface area contributed by atoms with E-state index in [9.17, 15) is 4.79 Å². The SMILES string of the molecule is Cc1cc(C)cc(NC(=O)c2cncc(NCc3ccncc3)c2)c1. The predicted molar refractivity (Wildman–Crippen MR) is 99.7 cm³/mol. The van der Waals surface area contributed by atoms with Gasteiger partial charge in [0.25, 0.3) is 5.91 Å². The minimum atomic E-state index is -0.176. The minimum Gasteiger partial charge on any atom is -0.380 e. The number of hydrogen-bond donors (Lipinski definition) is 2. The summed E-state index contributed by atoms with van der Waals surface area (Å²) < 4.78 is 0. The summed E-state index contributed by atoms with van der Waals surface area (Å²) in [5.74, 6) is -0.176. The maximum atomic E-state index is 12.5. The maximum Gasteiger partial charge on any atom is 0.257 e. The Morgan fingerprint density at radius 3 is 2.36 bits per heavy atom. The van der Waals surface area contributed by atoms with Crippen LogP contribution < -0.4 is 10.6 Å². The Hall–Kier alpha value is -3.21. The molecule has 5 heteroatoms. The van der Waals surface area contributed by atoms with E-state index in [4.69, 9.17) is 0 Å². The molecular formula is C20H20N4O. The van der Waals surface area contributed by atoms with Gasteiger partial charge in [-0.3, -0.25) is 14.8 Å². The summed E-state index contributed by atoms with van der Waals surface area (Å²) >= 11 is 0. The third-order valence-electron chi connectivity index (χ3n) is 3.73. The van der Waals surface area contributed by atoms with Crippen LogP contribution in [0.15, 0.2) is 61.2 Å². The Labute approximate surface area is 147 Å². The van der Waals surface area contributed by atoms with E-state index in [1.807, 2.05) is 38.1 Å². The van der Waals surface area contributed by atoms with Crippen molar-refractivity contribution >= 4 is 17.3 Å². The zero-order valence-electron chi connectivity index (χ0n) is 14.3. The highest BCUT2D eigenvalue weighted by molar-refractivity contribution is 6.04. The van der Waals surface area contributed by atoms with Crippen LogP contribution in [0.4, 0.5) is 11.4 Å². The molecule has 2 heterocycles. The van der Waals surface area contributed by atoms with Gasteiger partial charge < -0.3 is 10.6 Å². The van der Waals surface area contributed by atoms with Crippen molar-refractivity contribution in [2.24, 2.45) is 0 Å². The highest BCUT2D eigenvalue weighted by atomic mass is 16.1. The summed E-state index contributed by atoms with van der Waals surface area (Å²) in [6.07, 6.45) is 6.77. The standard InChI is InChI=1S/C20H20N4O/c1-14-7-15(2)9-18(8-14)24-20(25)17-10-19(13-22-12-17)23-11-16-3-5-21-6-4-16/h3-10,12-13,23H,11H2,1-2H3,(H,24,25). The van der Waals surface area contributed by atoms with E-state index in [2.05, 4.69) is 26.7 Å². The summed E-state index contributed by atoms with van der Waals surface area (Å²) in [5.41, 5.74) is 5.43. The molecule has 0 spiro atoms. The van der Waals surface area contributed by atoms with E-state index in [1.54, 1.807) is 30.9 Å². The van der Waals surface area contributed by atoms with Crippen LogP contribution >= 0.6 is 0 Å². The fraction of sp³-hybridized carbons (Fsp3) is 0.150. The van der Waals surface area contributed by atoms with Gasteiger partial charge in [-0.15, -0.1) is 0 Å². The number of nitrogens with one attached hydrogen (secondary N) is 2. The zero-order valence-corrected chi connectivity index (χ0v) is 14.3. The molecule has 3 aromatic rings. The lowest BCUT2D eigenvalue weighted by molar-refractivity contribution is 0.102. The number of aromatic nitrogens is 2. The van der Waals surface area contributed by atoms with Crippen molar-refractivity contribution in [2.45, 2.75) is 20.4 Å². The van der Waals surface area contributed by atoms with Crippen LogP contribution in [0.1, 0.15) is 27.0 Å². The quantitative estimate of drug-likeness (QED) is 0.742. The summed E-state index contributed by atoms with van der Waals surface area (Å²) in [4.78, 5) is 20.6. The molecule has 0 aliphatic heterocycles. The number of benzene rings is 1. The number of amides is 1. The normalized spacial score (nSPS) is 10.3. The monoisotopic (exact) mass is 332 g/mol. The van der Waals surface area contributed by atoms with Crippen LogP contribution in [-0.2, 0) is 6.54 Å². The van der Waals surface area contributed by atoms with Gasteiger partial charge >= 0.3 is 0 Å². The van der Waals surface area contributed by atoms with Gasteiger partial charge in [-0.05, 0) is 60.9 Å². The number of hydrogen-bond acceptors (Lipinski definition) is 4. The minimum absolute atomic E-state index is 0.176. The van der Waals surface area contributed by atoms with Crippen molar-refractivity contribution in [3.63, 3.8) is 0 Å². The Morgan fingerprint density at radius 1 is 0.920 bits per heavy atom. The predicted octanol–water partition coefficient (Wildman–Crippen LogP) is 3.96. The van der Waals surface area contributed by atoms with Gasteiger partial charge in [0.15, 0.2) is 0 Å².